The molecule has 0 saturated heterocycles. The number of hydrogen-bond donors (Lipinski definition) is 3. The molecule has 0 unspecified atom stereocenters. The molecule has 0 spiro atoms. The molecule has 56 valence electrons. The van der Waals surface area contributed by atoms with Crippen LogP contribution in [0.25, 0.3) is 0 Å². The van der Waals surface area contributed by atoms with Crippen LogP contribution in [0.2, 0.25) is 0 Å². The van der Waals surface area contributed by atoms with Crippen LogP contribution in [0.1, 0.15) is 19.8 Å². The molecule has 0 rings (SSSR count). The first-order valence-corrected chi connectivity index (χ1v) is 3.37. The third-order valence-corrected chi connectivity index (χ3v) is 1.56. The first-order valence-electron chi connectivity index (χ1n) is 3.37. The molecule has 0 amide bonds. The molecule has 0 bridgehead atoms. The minimum atomic E-state index is -0.311. The summed E-state index contributed by atoms with van der Waals surface area (Å²) in [6.45, 7) is 3.04. The highest BCUT2D eigenvalue weighted by molar-refractivity contribution is 4.85. The number of rotatable bonds is 4. The Kier molecular flexibility index (Phi) is 3.77. The van der Waals surface area contributed by atoms with Gasteiger partial charge in [-0.15, -0.1) is 0 Å². The minimum absolute atomic E-state index is 0.311. The van der Waals surface area contributed by atoms with Gasteiger partial charge in [0.25, 0.3) is 0 Å². The average molecular weight is 131 g/mol. The number of nitrogens with two attached hydrogens (primary N) is 3. The summed E-state index contributed by atoms with van der Waals surface area (Å²) in [5.41, 5.74) is 16.2. The van der Waals surface area contributed by atoms with E-state index in [9.17, 15) is 0 Å². The van der Waals surface area contributed by atoms with E-state index in [-0.39, 0.29) is 5.54 Å². The molecule has 0 aliphatic carbocycles. The Morgan fingerprint density at radius 2 is 1.67 bits per heavy atom. The van der Waals surface area contributed by atoms with Crippen molar-refractivity contribution < 1.29 is 0 Å². The molecular weight excluding hydrogens is 114 g/mol. The minimum Gasteiger partial charge on any atom is -0.329 e. The van der Waals surface area contributed by atoms with E-state index in [2.05, 4.69) is 6.92 Å². The standard InChI is InChI=1S/C6H17N3/c1-2-3-6(9,4-7)5-8/h2-5,7-9H2,1H3. The summed E-state index contributed by atoms with van der Waals surface area (Å²) < 4.78 is 0. The van der Waals surface area contributed by atoms with Crippen LogP contribution in [-0.4, -0.2) is 18.6 Å². The molecule has 0 fully saturated rings. The van der Waals surface area contributed by atoms with E-state index in [1.165, 1.54) is 0 Å². The molecule has 3 nitrogen and oxygen atoms in total. The van der Waals surface area contributed by atoms with Gasteiger partial charge in [0.2, 0.25) is 0 Å². The summed E-state index contributed by atoms with van der Waals surface area (Å²) in [6, 6.07) is 0. The van der Waals surface area contributed by atoms with Crippen molar-refractivity contribution in [1.82, 2.24) is 0 Å². The molecule has 0 aliphatic heterocycles. The van der Waals surface area contributed by atoms with Crippen molar-refractivity contribution in [1.29, 1.82) is 0 Å². The van der Waals surface area contributed by atoms with E-state index in [0.29, 0.717) is 13.1 Å². The zero-order valence-electron chi connectivity index (χ0n) is 6.06. The maximum atomic E-state index is 5.76. The predicted octanol–water partition coefficient (Wildman–Crippen LogP) is -0.599. The highest BCUT2D eigenvalue weighted by Crippen LogP contribution is 2.04. The fraction of sp³-hybridized carbons (Fsp3) is 1.00. The van der Waals surface area contributed by atoms with E-state index in [4.69, 9.17) is 17.2 Å². The molecular formula is C6H17N3. The van der Waals surface area contributed by atoms with Gasteiger partial charge in [-0.25, -0.2) is 0 Å². The van der Waals surface area contributed by atoms with Crippen LogP contribution in [0.15, 0.2) is 0 Å². The number of hydrogen-bond acceptors (Lipinski definition) is 3. The lowest BCUT2D eigenvalue weighted by Crippen LogP contribution is -2.52. The first-order chi connectivity index (χ1) is 4.18. The molecule has 0 aromatic carbocycles. The highest BCUT2D eigenvalue weighted by Gasteiger charge is 2.18. The van der Waals surface area contributed by atoms with Gasteiger partial charge in [0, 0.05) is 18.6 Å². The van der Waals surface area contributed by atoms with Gasteiger partial charge in [-0.2, -0.15) is 0 Å². The molecule has 0 aliphatic rings. The molecule has 0 aromatic rings. The third-order valence-electron chi connectivity index (χ3n) is 1.56. The molecule has 6 N–H and O–H groups in total. The summed E-state index contributed by atoms with van der Waals surface area (Å²) in [7, 11) is 0. The van der Waals surface area contributed by atoms with Crippen LogP contribution in [0.5, 0.6) is 0 Å². The second kappa shape index (κ2) is 3.82. The molecule has 0 saturated carbocycles. The largest absolute Gasteiger partial charge is 0.329 e. The summed E-state index contributed by atoms with van der Waals surface area (Å²) in [6.07, 6.45) is 1.96. The van der Waals surface area contributed by atoms with Crippen LogP contribution in [0.4, 0.5) is 0 Å². The van der Waals surface area contributed by atoms with Crippen LogP contribution in [0, 0.1) is 0 Å². The van der Waals surface area contributed by atoms with Crippen molar-refractivity contribution in [2.45, 2.75) is 25.3 Å². The lowest BCUT2D eigenvalue weighted by molar-refractivity contribution is 0.409. The Morgan fingerprint density at radius 3 is 1.78 bits per heavy atom. The summed E-state index contributed by atoms with van der Waals surface area (Å²) >= 11 is 0. The van der Waals surface area contributed by atoms with Gasteiger partial charge in [0.15, 0.2) is 0 Å². The Labute approximate surface area is 56.6 Å². The van der Waals surface area contributed by atoms with E-state index < -0.39 is 0 Å². The lowest BCUT2D eigenvalue weighted by atomic mass is 9.96. The fourth-order valence-corrected chi connectivity index (χ4v) is 0.785. The van der Waals surface area contributed by atoms with Gasteiger partial charge in [-0.1, -0.05) is 13.3 Å². The second-order valence-electron chi connectivity index (χ2n) is 2.52. The van der Waals surface area contributed by atoms with Gasteiger partial charge in [0.1, 0.15) is 0 Å². The monoisotopic (exact) mass is 131 g/mol. The molecule has 9 heavy (non-hydrogen) atoms. The van der Waals surface area contributed by atoms with E-state index in [1.54, 1.807) is 0 Å². The quantitative estimate of drug-likeness (QED) is 0.477. The van der Waals surface area contributed by atoms with Gasteiger partial charge >= 0.3 is 0 Å². The summed E-state index contributed by atoms with van der Waals surface area (Å²) in [5, 5.41) is 0. The van der Waals surface area contributed by atoms with Gasteiger partial charge < -0.3 is 17.2 Å². The van der Waals surface area contributed by atoms with Gasteiger partial charge in [-0.05, 0) is 6.42 Å². The first kappa shape index (κ1) is 8.88. The van der Waals surface area contributed by atoms with Crippen molar-refractivity contribution in [2.75, 3.05) is 13.1 Å². The maximum absolute atomic E-state index is 5.76. The predicted molar refractivity (Wildman–Crippen MR) is 39.9 cm³/mol. The summed E-state index contributed by atoms with van der Waals surface area (Å²) in [5.74, 6) is 0. The molecule has 0 aromatic heterocycles. The Morgan fingerprint density at radius 1 is 1.22 bits per heavy atom. The highest BCUT2D eigenvalue weighted by atomic mass is 14.8. The van der Waals surface area contributed by atoms with Crippen molar-refractivity contribution in [3.05, 3.63) is 0 Å². The normalized spacial score (nSPS) is 12.0. The Hall–Kier alpha value is -0.120. The Balaban J connectivity index is 3.62. The van der Waals surface area contributed by atoms with Crippen LogP contribution >= 0.6 is 0 Å². The van der Waals surface area contributed by atoms with Gasteiger partial charge in [-0.3, -0.25) is 0 Å². The maximum Gasteiger partial charge on any atom is 0.0402 e. The third kappa shape index (κ3) is 2.79. The zero-order chi connectivity index (χ0) is 7.33. The summed E-state index contributed by atoms with van der Waals surface area (Å²) in [4.78, 5) is 0. The molecule has 0 atom stereocenters. The molecule has 0 radical (unpaired) electrons. The topological polar surface area (TPSA) is 78.1 Å². The van der Waals surface area contributed by atoms with Crippen LogP contribution < -0.4 is 17.2 Å². The van der Waals surface area contributed by atoms with E-state index in [0.717, 1.165) is 12.8 Å². The van der Waals surface area contributed by atoms with E-state index in [1.807, 2.05) is 0 Å². The molecule has 0 heterocycles. The van der Waals surface area contributed by atoms with Crippen molar-refractivity contribution in [3.63, 3.8) is 0 Å². The van der Waals surface area contributed by atoms with Crippen molar-refractivity contribution in [2.24, 2.45) is 17.2 Å². The zero-order valence-corrected chi connectivity index (χ0v) is 6.06. The van der Waals surface area contributed by atoms with Gasteiger partial charge in [0.05, 0.1) is 0 Å². The average Bonchev–Trinajstić information content (AvgIpc) is 1.89. The smallest absolute Gasteiger partial charge is 0.0402 e. The lowest BCUT2D eigenvalue weighted by Gasteiger charge is -2.24. The second-order valence-corrected chi connectivity index (χ2v) is 2.52. The van der Waals surface area contributed by atoms with Crippen LogP contribution in [0.3, 0.4) is 0 Å². The van der Waals surface area contributed by atoms with Crippen molar-refractivity contribution in [3.8, 4) is 0 Å². The molecule has 3 heteroatoms. The van der Waals surface area contributed by atoms with Crippen molar-refractivity contribution >= 4 is 0 Å². The fourth-order valence-electron chi connectivity index (χ4n) is 0.785. The SMILES string of the molecule is CCCC(N)(CN)CN. The Bertz CT molecular complexity index is 68.7. The van der Waals surface area contributed by atoms with E-state index >= 15 is 0 Å². The van der Waals surface area contributed by atoms with Crippen LogP contribution in [-0.2, 0) is 0 Å².